The van der Waals surface area contributed by atoms with Crippen molar-refractivity contribution < 1.29 is 4.79 Å². The second-order valence-electron chi connectivity index (χ2n) is 6.12. The molecule has 2 aromatic heterocycles. The number of hydrogen-bond acceptors (Lipinski definition) is 4. The number of nitrogens with one attached hydrogen (secondary N) is 1. The molecule has 0 saturated heterocycles. The number of nitrogens with zero attached hydrogens (tertiary/aromatic N) is 4. The zero-order chi connectivity index (χ0) is 18.0. The van der Waals surface area contributed by atoms with Gasteiger partial charge >= 0.3 is 0 Å². The van der Waals surface area contributed by atoms with Gasteiger partial charge < -0.3 is 5.32 Å². The van der Waals surface area contributed by atoms with Gasteiger partial charge in [0, 0.05) is 7.05 Å². The topological polar surface area (TPSA) is 81.8 Å². The summed E-state index contributed by atoms with van der Waals surface area (Å²) in [6, 6.07) is 7.99. The number of benzene rings is 1. The van der Waals surface area contributed by atoms with Gasteiger partial charge in [-0.15, -0.1) is 0 Å². The van der Waals surface area contributed by atoms with E-state index in [0.29, 0.717) is 11.0 Å². The lowest BCUT2D eigenvalue weighted by Gasteiger charge is -2.18. The smallest absolute Gasteiger partial charge is 0.264 e. The van der Waals surface area contributed by atoms with E-state index in [9.17, 15) is 9.59 Å². The second-order valence-corrected chi connectivity index (χ2v) is 6.12. The Morgan fingerprint density at radius 3 is 2.68 bits per heavy atom. The van der Waals surface area contributed by atoms with Crippen LogP contribution in [0, 0.1) is 6.92 Å². The molecular weight excluding hydrogens is 318 g/mol. The number of aryl methyl sites for hydroxylation is 2. The van der Waals surface area contributed by atoms with E-state index in [0.717, 1.165) is 12.0 Å². The summed E-state index contributed by atoms with van der Waals surface area (Å²) in [6.07, 6.45) is 3.63. The number of hydrogen-bond donors (Lipinski definition) is 1. The highest BCUT2D eigenvalue weighted by atomic mass is 16.2. The van der Waals surface area contributed by atoms with Crippen molar-refractivity contribution in [3.8, 4) is 0 Å². The Morgan fingerprint density at radius 2 is 2.00 bits per heavy atom. The molecule has 3 rings (SSSR count). The Kier molecular flexibility index (Phi) is 4.65. The molecular formula is C18H21N5O2. The highest BCUT2D eigenvalue weighted by Gasteiger charge is 2.15. The van der Waals surface area contributed by atoms with E-state index in [-0.39, 0.29) is 24.1 Å². The molecule has 0 radical (unpaired) electrons. The average Bonchev–Trinajstić information content (AvgIpc) is 2.98. The minimum Gasteiger partial charge on any atom is -0.348 e. The summed E-state index contributed by atoms with van der Waals surface area (Å²) >= 11 is 0. The molecule has 1 atom stereocenters. The zero-order valence-corrected chi connectivity index (χ0v) is 14.6. The number of carbonyl (C=O) groups is 1. The van der Waals surface area contributed by atoms with Crippen molar-refractivity contribution in [2.75, 3.05) is 0 Å². The van der Waals surface area contributed by atoms with E-state index in [4.69, 9.17) is 0 Å². The summed E-state index contributed by atoms with van der Waals surface area (Å²) in [6.45, 7) is 3.97. The van der Waals surface area contributed by atoms with Gasteiger partial charge in [-0.1, -0.05) is 36.8 Å². The summed E-state index contributed by atoms with van der Waals surface area (Å²) < 4.78 is 2.84. The zero-order valence-electron chi connectivity index (χ0n) is 14.6. The van der Waals surface area contributed by atoms with Crippen molar-refractivity contribution in [1.82, 2.24) is 24.6 Å². The van der Waals surface area contributed by atoms with Crippen LogP contribution in [0.25, 0.3) is 11.0 Å². The van der Waals surface area contributed by atoms with E-state index in [1.165, 1.54) is 27.3 Å². The monoisotopic (exact) mass is 339 g/mol. The quantitative estimate of drug-likeness (QED) is 0.767. The first-order valence-electron chi connectivity index (χ1n) is 8.22. The number of rotatable bonds is 5. The SMILES string of the molecule is CC[C@H](NC(=O)Cn1cnc2c(cnn2C)c1=O)c1ccc(C)cc1. The van der Waals surface area contributed by atoms with Gasteiger partial charge in [-0.2, -0.15) is 5.10 Å². The van der Waals surface area contributed by atoms with Gasteiger partial charge in [0.25, 0.3) is 5.56 Å². The molecule has 0 bridgehead atoms. The van der Waals surface area contributed by atoms with Crippen LogP contribution in [0.5, 0.6) is 0 Å². The number of aromatic nitrogens is 4. The van der Waals surface area contributed by atoms with Gasteiger partial charge in [0.15, 0.2) is 5.65 Å². The maximum atomic E-state index is 12.4. The van der Waals surface area contributed by atoms with E-state index in [1.54, 1.807) is 7.05 Å². The van der Waals surface area contributed by atoms with Crippen LogP contribution in [0.1, 0.15) is 30.5 Å². The fourth-order valence-corrected chi connectivity index (χ4v) is 2.79. The Labute approximate surface area is 145 Å². The van der Waals surface area contributed by atoms with Crippen LogP contribution < -0.4 is 10.9 Å². The summed E-state index contributed by atoms with van der Waals surface area (Å²) in [4.78, 5) is 29.0. The lowest BCUT2D eigenvalue weighted by molar-refractivity contribution is -0.122. The van der Waals surface area contributed by atoms with Crippen molar-refractivity contribution in [1.29, 1.82) is 0 Å². The molecule has 0 saturated carbocycles. The molecule has 0 unspecified atom stereocenters. The molecule has 1 amide bonds. The lowest BCUT2D eigenvalue weighted by Crippen LogP contribution is -2.34. The Bertz CT molecular complexity index is 956. The molecule has 0 aliphatic carbocycles. The van der Waals surface area contributed by atoms with Crippen molar-refractivity contribution in [3.63, 3.8) is 0 Å². The van der Waals surface area contributed by atoms with Crippen LogP contribution in [0.4, 0.5) is 0 Å². The molecule has 0 aliphatic heterocycles. The molecule has 130 valence electrons. The maximum Gasteiger partial charge on any atom is 0.264 e. The summed E-state index contributed by atoms with van der Waals surface area (Å²) in [5.41, 5.74) is 2.46. The molecule has 1 N–H and O–H groups in total. The number of fused-ring (bicyclic) bond motifs is 1. The molecule has 2 heterocycles. The minimum absolute atomic E-state index is 0.0704. The fourth-order valence-electron chi connectivity index (χ4n) is 2.79. The third kappa shape index (κ3) is 3.45. The van der Waals surface area contributed by atoms with Gasteiger partial charge in [0.1, 0.15) is 18.3 Å². The molecule has 25 heavy (non-hydrogen) atoms. The highest BCUT2D eigenvalue weighted by Crippen LogP contribution is 2.17. The second kappa shape index (κ2) is 6.88. The molecule has 0 spiro atoms. The summed E-state index contributed by atoms with van der Waals surface area (Å²) in [7, 11) is 1.72. The van der Waals surface area contributed by atoms with Gasteiger partial charge in [-0.3, -0.25) is 18.8 Å². The predicted molar refractivity (Wildman–Crippen MR) is 95.1 cm³/mol. The van der Waals surface area contributed by atoms with Gasteiger partial charge in [-0.25, -0.2) is 4.98 Å². The van der Waals surface area contributed by atoms with Crippen LogP contribution in [0.2, 0.25) is 0 Å². The summed E-state index contributed by atoms with van der Waals surface area (Å²) in [5.74, 6) is -0.223. The predicted octanol–water partition coefficient (Wildman–Crippen LogP) is 1.71. The first-order valence-corrected chi connectivity index (χ1v) is 8.22. The Morgan fingerprint density at radius 1 is 1.28 bits per heavy atom. The molecule has 7 nitrogen and oxygen atoms in total. The third-order valence-corrected chi connectivity index (χ3v) is 4.26. The molecule has 3 aromatic rings. The number of carbonyl (C=O) groups excluding carboxylic acids is 1. The third-order valence-electron chi connectivity index (χ3n) is 4.26. The van der Waals surface area contributed by atoms with E-state index in [1.807, 2.05) is 38.1 Å². The molecule has 1 aromatic carbocycles. The largest absolute Gasteiger partial charge is 0.348 e. The Hall–Kier alpha value is -2.96. The Balaban J connectivity index is 1.76. The van der Waals surface area contributed by atoms with Crippen LogP contribution in [0.15, 0.2) is 41.6 Å². The maximum absolute atomic E-state index is 12.4. The van der Waals surface area contributed by atoms with E-state index >= 15 is 0 Å². The van der Waals surface area contributed by atoms with Crippen molar-refractivity contribution in [3.05, 3.63) is 58.3 Å². The van der Waals surface area contributed by atoms with Crippen molar-refractivity contribution in [2.24, 2.45) is 7.05 Å². The highest BCUT2D eigenvalue weighted by molar-refractivity contribution is 5.77. The van der Waals surface area contributed by atoms with Gasteiger partial charge in [0.2, 0.25) is 5.91 Å². The molecule has 0 aliphatic rings. The normalized spacial score (nSPS) is 12.3. The van der Waals surface area contributed by atoms with Crippen molar-refractivity contribution in [2.45, 2.75) is 32.9 Å². The lowest BCUT2D eigenvalue weighted by atomic mass is 10.0. The van der Waals surface area contributed by atoms with Crippen LogP contribution in [-0.2, 0) is 18.4 Å². The van der Waals surface area contributed by atoms with Gasteiger partial charge in [0.05, 0.1) is 12.2 Å². The van der Waals surface area contributed by atoms with Crippen LogP contribution >= 0.6 is 0 Å². The van der Waals surface area contributed by atoms with Gasteiger partial charge in [-0.05, 0) is 18.9 Å². The fraction of sp³-hybridized carbons (Fsp3) is 0.333. The summed E-state index contributed by atoms with van der Waals surface area (Å²) in [5, 5.41) is 7.42. The van der Waals surface area contributed by atoms with E-state index in [2.05, 4.69) is 15.4 Å². The molecule has 0 fully saturated rings. The average molecular weight is 339 g/mol. The van der Waals surface area contributed by atoms with E-state index < -0.39 is 0 Å². The van der Waals surface area contributed by atoms with Crippen LogP contribution in [0.3, 0.4) is 0 Å². The first kappa shape index (κ1) is 16.9. The standard InChI is InChI=1S/C18H21N5O2/c1-4-15(13-7-5-12(2)6-8-13)21-16(24)10-23-11-19-17-14(18(23)25)9-20-22(17)3/h5-9,11,15H,4,10H2,1-3H3,(H,21,24)/t15-/m0/s1. The molecule has 7 heteroatoms. The van der Waals surface area contributed by atoms with Crippen molar-refractivity contribution >= 4 is 16.9 Å². The first-order chi connectivity index (χ1) is 12.0. The minimum atomic E-state index is -0.267. The van der Waals surface area contributed by atoms with Crippen LogP contribution in [-0.4, -0.2) is 25.2 Å². The number of amides is 1.